The minimum Gasteiger partial charge on any atom is -0.486 e. The molecule has 0 aliphatic carbocycles. The monoisotopic (exact) mass is 393 g/mol. The molecule has 0 saturated carbocycles. The van der Waals surface area contributed by atoms with E-state index in [1.165, 1.54) is 17.4 Å². The van der Waals surface area contributed by atoms with Crippen LogP contribution in [0.3, 0.4) is 0 Å². The lowest BCUT2D eigenvalue weighted by molar-refractivity contribution is 0.0954. The van der Waals surface area contributed by atoms with Crippen LogP contribution in [-0.4, -0.2) is 15.7 Å². The van der Waals surface area contributed by atoms with Crippen LogP contribution in [0.25, 0.3) is 0 Å². The average Bonchev–Trinajstić information content (AvgIpc) is 3.25. The molecule has 0 bridgehead atoms. The van der Waals surface area contributed by atoms with Gasteiger partial charge in [0.05, 0.1) is 28.3 Å². The van der Waals surface area contributed by atoms with Gasteiger partial charge in [-0.15, -0.1) is 11.3 Å². The molecule has 1 amide bonds. The second kappa shape index (κ2) is 8.33. The van der Waals surface area contributed by atoms with Gasteiger partial charge in [-0.2, -0.15) is 5.10 Å². The third kappa shape index (κ3) is 4.23. The summed E-state index contributed by atoms with van der Waals surface area (Å²) in [5, 5.41) is 9.32. The molecule has 2 heterocycles. The van der Waals surface area contributed by atoms with Crippen LogP contribution in [-0.2, 0) is 19.7 Å². The molecule has 0 aliphatic heterocycles. The summed E-state index contributed by atoms with van der Waals surface area (Å²) < 4.78 is 20.7. The molecule has 0 spiro atoms. The lowest BCUT2D eigenvalue weighted by Gasteiger charge is -2.07. The number of hydrogen-bond acceptors (Lipinski definition) is 4. The molecule has 26 heavy (non-hydrogen) atoms. The molecule has 0 radical (unpaired) electrons. The van der Waals surface area contributed by atoms with Crippen LogP contribution in [0.4, 0.5) is 4.39 Å². The molecule has 0 aliphatic rings. The number of halogens is 2. The number of carbonyl (C=O) groups is 1. The number of ether oxygens (including phenoxy) is 1. The number of amides is 1. The fourth-order valence-electron chi connectivity index (χ4n) is 2.38. The van der Waals surface area contributed by atoms with Gasteiger partial charge >= 0.3 is 0 Å². The summed E-state index contributed by atoms with van der Waals surface area (Å²) >= 11 is 7.40. The maximum Gasteiger partial charge on any atom is 0.261 e. The number of hydrogen-bond donors (Lipinski definition) is 1. The van der Waals surface area contributed by atoms with Gasteiger partial charge in [0.15, 0.2) is 11.6 Å². The number of para-hydroxylation sites is 1. The summed E-state index contributed by atoms with van der Waals surface area (Å²) in [5.74, 6) is -0.427. The van der Waals surface area contributed by atoms with Crippen molar-refractivity contribution in [3.8, 4) is 5.75 Å². The van der Waals surface area contributed by atoms with Gasteiger partial charge in [0.2, 0.25) is 0 Å². The van der Waals surface area contributed by atoms with Gasteiger partial charge in [0.1, 0.15) is 6.61 Å². The van der Waals surface area contributed by atoms with Crippen molar-refractivity contribution >= 4 is 28.8 Å². The van der Waals surface area contributed by atoms with Crippen LogP contribution in [0.15, 0.2) is 41.9 Å². The molecule has 1 aromatic carbocycles. The molecule has 0 unspecified atom stereocenters. The summed E-state index contributed by atoms with van der Waals surface area (Å²) in [6, 6.07) is 7.95. The summed E-state index contributed by atoms with van der Waals surface area (Å²) in [5.41, 5.74) is 1.57. The number of aryl methyl sites for hydroxylation is 1. The Balaban J connectivity index is 1.58. The van der Waals surface area contributed by atoms with Crippen molar-refractivity contribution in [2.75, 3.05) is 0 Å². The molecule has 5 nitrogen and oxygen atoms in total. The predicted molar refractivity (Wildman–Crippen MR) is 99.1 cm³/mol. The third-order valence-electron chi connectivity index (χ3n) is 3.72. The smallest absolute Gasteiger partial charge is 0.261 e. The first kappa shape index (κ1) is 18.4. The van der Waals surface area contributed by atoms with E-state index in [4.69, 9.17) is 16.3 Å². The van der Waals surface area contributed by atoms with Crippen LogP contribution in [0.5, 0.6) is 5.75 Å². The topological polar surface area (TPSA) is 56.2 Å². The third-order valence-corrected chi connectivity index (χ3v) is 5.02. The Morgan fingerprint density at radius 1 is 1.42 bits per heavy atom. The van der Waals surface area contributed by atoms with Crippen LogP contribution in [0.2, 0.25) is 5.02 Å². The second-order valence-corrected chi connectivity index (χ2v) is 6.79. The number of carbonyl (C=O) groups excluding carboxylic acids is 1. The zero-order valence-corrected chi connectivity index (χ0v) is 15.6. The van der Waals surface area contributed by atoms with E-state index in [1.807, 2.05) is 12.3 Å². The summed E-state index contributed by atoms with van der Waals surface area (Å²) in [4.78, 5) is 12.9. The molecule has 8 heteroatoms. The maximum atomic E-state index is 13.6. The van der Waals surface area contributed by atoms with Crippen LogP contribution >= 0.6 is 22.9 Å². The van der Waals surface area contributed by atoms with Gasteiger partial charge in [-0.1, -0.05) is 23.7 Å². The van der Waals surface area contributed by atoms with Crippen LogP contribution in [0.1, 0.15) is 27.9 Å². The number of rotatable bonds is 7. The quantitative estimate of drug-likeness (QED) is 0.652. The zero-order chi connectivity index (χ0) is 18.5. The minimum absolute atomic E-state index is 0.187. The molecule has 2 aromatic heterocycles. The zero-order valence-electron chi connectivity index (χ0n) is 14.0. The van der Waals surface area contributed by atoms with Gasteiger partial charge in [0, 0.05) is 12.1 Å². The van der Waals surface area contributed by atoms with Gasteiger partial charge in [-0.3, -0.25) is 9.48 Å². The largest absolute Gasteiger partial charge is 0.486 e. The lowest BCUT2D eigenvalue weighted by Crippen LogP contribution is -2.23. The highest BCUT2D eigenvalue weighted by molar-refractivity contribution is 7.12. The highest BCUT2D eigenvalue weighted by Crippen LogP contribution is 2.20. The van der Waals surface area contributed by atoms with Crippen molar-refractivity contribution in [2.45, 2.75) is 26.6 Å². The van der Waals surface area contributed by atoms with Crippen molar-refractivity contribution in [1.29, 1.82) is 0 Å². The SMILES string of the molecule is CCn1ncc(Cl)c1CNC(=O)c1cc(COc2ccccc2F)cs1. The molecule has 0 atom stereocenters. The lowest BCUT2D eigenvalue weighted by atomic mass is 10.3. The predicted octanol–water partition coefficient (Wildman–Crippen LogP) is 4.27. The van der Waals surface area contributed by atoms with E-state index in [1.54, 1.807) is 35.1 Å². The molecule has 3 rings (SSSR count). The number of nitrogens with one attached hydrogen (secondary N) is 1. The Kier molecular flexibility index (Phi) is 5.90. The first-order chi connectivity index (χ1) is 12.6. The number of thiophene rings is 1. The Hall–Kier alpha value is -2.38. The first-order valence-electron chi connectivity index (χ1n) is 8.01. The van der Waals surface area contributed by atoms with Crippen LogP contribution < -0.4 is 10.1 Å². The maximum absolute atomic E-state index is 13.6. The van der Waals surface area contributed by atoms with E-state index in [0.717, 1.165) is 11.3 Å². The van der Waals surface area contributed by atoms with E-state index in [0.29, 0.717) is 23.0 Å². The first-order valence-corrected chi connectivity index (χ1v) is 9.27. The highest BCUT2D eigenvalue weighted by atomic mass is 35.5. The van der Waals surface area contributed by atoms with Crippen molar-refractivity contribution < 1.29 is 13.9 Å². The van der Waals surface area contributed by atoms with Crippen molar-refractivity contribution in [3.63, 3.8) is 0 Å². The Morgan fingerprint density at radius 3 is 3.00 bits per heavy atom. The fraction of sp³-hybridized carbons (Fsp3) is 0.222. The molecular formula is C18H17ClFN3O2S. The summed E-state index contributed by atoms with van der Waals surface area (Å²) in [6.45, 7) is 3.12. The van der Waals surface area contributed by atoms with E-state index in [-0.39, 0.29) is 18.3 Å². The minimum atomic E-state index is -0.412. The summed E-state index contributed by atoms with van der Waals surface area (Å²) in [6.07, 6.45) is 1.57. The molecule has 0 saturated heterocycles. The number of nitrogens with zero attached hydrogens (tertiary/aromatic N) is 2. The fourth-order valence-corrected chi connectivity index (χ4v) is 3.40. The molecular weight excluding hydrogens is 377 g/mol. The standard InChI is InChI=1S/C18H17ClFN3O2S/c1-2-23-15(13(19)8-22-23)9-21-18(24)17-7-12(11-26-17)10-25-16-6-4-3-5-14(16)20/h3-8,11H,2,9-10H2,1H3,(H,21,24). The molecule has 136 valence electrons. The van der Waals surface area contributed by atoms with Gasteiger partial charge in [-0.25, -0.2) is 4.39 Å². The normalized spacial score (nSPS) is 10.7. The van der Waals surface area contributed by atoms with E-state index < -0.39 is 5.82 Å². The number of benzene rings is 1. The Bertz CT molecular complexity index is 909. The van der Waals surface area contributed by atoms with Gasteiger partial charge in [0.25, 0.3) is 5.91 Å². The highest BCUT2D eigenvalue weighted by Gasteiger charge is 2.13. The van der Waals surface area contributed by atoms with Gasteiger partial charge in [-0.05, 0) is 30.5 Å². The average molecular weight is 394 g/mol. The van der Waals surface area contributed by atoms with E-state index in [2.05, 4.69) is 10.4 Å². The van der Waals surface area contributed by atoms with E-state index in [9.17, 15) is 9.18 Å². The van der Waals surface area contributed by atoms with E-state index >= 15 is 0 Å². The molecule has 0 fully saturated rings. The van der Waals surface area contributed by atoms with Gasteiger partial charge < -0.3 is 10.1 Å². The van der Waals surface area contributed by atoms with Crippen molar-refractivity contribution in [1.82, 2.24) is 15.1 Å². The second-order valence-electron chi connectivity index (χ2n) is 5.48. The Labute approximate surface area is 159 Å². The number of aromatic nitrogens is 2. The van der Waals surface area contributed by atoms with Crippen molar-refractivity contribution in [2.24, 2.45) is 0 Å². The molecule has 3 aromatic rings. The van der Waals surface area contributed by atoms with Crippen molar-refractivity contribution in [3.05, 3.63) is 68.9 Å². The summed E-state index contributed by atoms with van der Waals surface area (Å²) in [7, 11) is 0. The van der Waals surface area contributed by atoms with Crippen LogP contribution in [0, 0.1) is 5.82 Å². The Morgan fingerprint density at radius 2 is 2.23 bits per heavy atom. The molecule has 1 N–H and O–H groups in total.